The molecule has 15 heavy (non-hydrogen) atoms. The Morgan fingerprint density at radius 3 is 2.27 bits per heavy atom. The van der Waals surface area contributed by atoms with Crippen molar-refractivity contribution in [1.82, 2.24) is 5.32 Å². The van der Waals surface area contributed by atoms with Crippen molar-refractivity contribution in [3.05, 3.63) is 0 Å². The Morgan fingerprint density at radius 1 is 1.27 bits per heavy atom. The van der Waals surface area contributed by atoms with Crippen LogP contribution >= 0.6 is 0 Å². The number of nitrogens with one attached hydrogen (secondary N) is 1. The van der Waals surface area contributed by atoms with Crippen molar-refractivity contribution in [3.63, 3.8) is 0 Å². The molecule has 5 nitrogen and oxygen atoms in total. The minimum Gasteiger partial charge on any atom is -0.481 e. The summed E-state index contributed by atoms with van der Waals surface area (Å²) in [4.78, 5) is 22.5. The summed E-state index contributed by atoms with van der Waals surface area (Å²) in [5.41, 5.74) is -0.567. The van der Waals surface area contributed by atoms with Crippen LogP contribution in [0.3, 0.4) is 0 Å². The predicted molar refractivity (Wildman–Crippen MR) is 53.3 cm³/mol. The average molecular weight is 215 g/mol. The number of hydrogen-bond acceptors (Lipinski definition) is 4. The molecule has 0 aromatic heterocycles. The number of ether oxygens (including phenoxy) is 1. The van der Waals surface area contributed by atoms with Crippen LogP contribution in [0.15, 0.2) is 0 Å². The molecule has 0 spiro atoms. The number of esters is 1. The summed E-state index contributed by atoms with van der Waals surface area (Å²) in [5, 5.41) is 11.8. The van der Waals surface area contributed by atoms with Crippen molar-refractivity contribution in [1.29, 1.82) is 0 Å². The summed E-state index contributed by atoms with van der Waals surface area (Å²) in [7, 11) is 0. The minimum absolute atomic E-state index is 0.333. The van der Waals surface area contributed by atoms with Crippen LogP contribution < -0.4 is 5.32 Å². The summed E-state index contributed by atoms with van der Waals surface area (Å²) in [5.74, 6) is -2.61. The highest BCUT2D eigenvalue weighted by atomic mass is 16.6. The first-order chi connectivity index (χ1) is 6.81. The Kier molecular flexibility index (Phi) is 3.34. The molecule has 1 aliphatic heterocycles. The van der Waals surface area contributed by atoms with Crippen molar-refractivity contribution in [2.24, 2.45) is 11.8 Å². The summed E-state index contributed by atoms with van der Waals surface area (Å²) < 4.78 is 5.16. The third kappa shape index (κ3) is 3.20. The van der Waals surface area contributed by atoms with Crippen LogP contribution in [0, 0.1) is 11.8 Å². The van der Waals surface area contributed by atoms with Gasteiger partial charge in [-0.2, -0.15) is 0 Å². The van der Waals surface area contributed by atoms with Gasteiger partial charge in [0.1, 0.15) is 5.60 Å². The molecule has 0 bridgehead atoms. The molecule has 1 saturated heterocycles. The summed E-state index contributed by atoms with van der Waals surface area (Å²) in [6.45, 7) is 6.01. The van der Waals surface area contributed by atoms with Gasteiger partial charge < -0.3 is 15.2 Å². The van der Waals surface area contributed by atoms with Gasteiger partial charge in [0.15, 0.2) is 0 Å². The zero-order valence-corrected chi connectivity index (χ0v) is 9.24. The van der Waals surface area contributed by atoms with E-state index in [1.807, 2.05) is 0 Å². The molecule has 86 valence electrons. The average Bonchev–Trinajstić information content (AvgIpc) is 2.47. The molecular formula is C10H17NO4. The van der Waals surface area contributed by atoms with Gasteiger partial charge in [0, 0.05) is 13.1 Å². The maximum atomic E-state index is 11.7. The van der Waals surface area contributed by atoms with Gasteiger partial charge in [0.05, 0.1) is 11.8 Å². The smallest absolute Gasteiger partial charge is 0.311 e. The van der Waals surface area contributed by atoms with Crippen molar-refractivity contribution < 1.29 is 19.4 Å². The van der Waals surface area contributed by atoms with Crippen molar-refractivity contribution >= 4 is 11.9 Å². The Labute approximate surface area is 88.8 Å². The Morgan fingerprint density at radius 2 is 1.80 bits per heavy atom. The molecule has 0 aromatic carbocycles. The first-order valence-corrected chi connectivity index (χ1v) is 4.97. The Balaban J connectivity index is 2.63. The van der Waals surface area contributed by atoms with Crippen LogP contribution in [0.4, 0.5) is 0 Å². The quantitative estimate of drug-likeness (QED) is 0.646. The first kappa shape index (κ1) is 12.0. The molecule has 2 N–H and O–H groups in total. The van der Waals surface area contributed by atoms with Gasteiger partial charge in [0.25, 0.3) is 0 Å². The molecule has 0 amide bonds. The summed E-state index contributed by atoms with van der Waals surface area (Å²) in [6.07, 6.45) is 0. The van der Waals surface area contributed by atoms with E-state index >= 15 is 0 Å². The van der Waals surface area contributed by atoms with E-state index in [0.29, 0.717) is 13.1 Å². The molecule has 0 aliphatic carbocycles. The van der Waals surface area contributed by atoms with E-state index in [4.69, 9.17) is 9.84 Å². The number of hydrogen-bond donors (Lipinski definition) is 2. The van der Waals surface area contributed by atoms with Gasteiger partial charge >= 0.3 is 11.9 Å². The lowest BCUT2D eigenvalue weighted by molar-refractivity contribution is -0.164. The van der Waals surface area contributed by atoms with E-state index in [1.54, 1.807) is 20.8 Å². The second-order valence-corrected chi connectivity index (χ2v) is 4.74. The van der Waals surface area contributed by atoms with Gasteiger partial charge in [-0.1, -0.05) is 0 Å². The number of aliphatic carboxylic acids is 1. The summed E-state index contributed by atoms with van der Waals surface area (Å²) >= 11 is 0. The van der Waals surface area contributed by atoms with Gasteiger partial charge in [-0.3, -0.25) is 9.59 Å². The standard InChI is InChI=1S/C10H17NO4/c1-10(2,3)15-9(14)7-5-11-4-6(7)8(12)13/h6-7,11H,4-5H2,1-3H3,(H,12,13). The zero-order valence-electron chi connectivity index (χ0n) is 9.24. The third-order valence-electron chi connectivity index (χ3n) is 2.24. The van der Waals surface area contributed by atoms with Crippen molar-refractivity contribution in [2.75, 3.05) is 13.1 Å². The molecule has 0 aromatic rings. The van der Waals surface area contributed by atoms with Crippen LogP contribution in [0.1, 0.15) is 20.8 Å². The van der Waals surface area contributed by atoms with E-state index in [9.17, 15) is 9.59 Å². The second kappa shape index (κ2) is 4.18. The maximum Gasteiger partial charge on any atom is 0.311 e. The highest BCUT2D eigenvalue weighted by Crippen LogP contribution is 2.21. The number of rotatable bonds is 2. The van der Waals surface area contributed by atoms with Gasteiger partial charge in [-0.15, -0.1) is 0 Å². The molecule has 1 heterocycles. The predicted octanol–water partition coefficient (Wildman–Crippen LogP) is 0.248. The first-order valence-electron chi connectivity index (χ1n) is 4.97. The summed E-state index contributed by atoms with van der Waals surface area (Å²) in [6, 6.07) is 0. The molecule has 2 unspecified atom stereocenters. The SMILES string of the molecule is CC(C)(C)OC(=O)C1CNCC1C(=O)O. The van der Waals surface area contributed by atoms with E-state index in [1.165, 1.54) is 0 Å². The second-order valence-electron chi connectivity index (χ2n) is 4.74. The highest BCUT2D eigenvalue weighted by molar-refractivity contribution is 5.82. The number of carboxylic acids is 1. The molecule has 1 aliphatic rings. The van der Waals surface area contributed by atoms with Gasteiger partial charge in [0.2, 0.25) is 0 Å². The fourth-order valence-electron chi connectivity index (χ4n) is 1.56. The molecule has 1 fully saturated rings. The highest BCUT2D eigenvalue weighted by Gasteiger charge is 2.40. The largest absolute Gasteiger partial charge is 0.481 e. The lowest BCUT2D eigenvalue weighted by Crippen LogP contribution is -2.34. The van der Waals surface area contributed by atoms with Gasteiger partial charge in [-0.05, 0) is 20.8 Å². The number of carboxylic acid groups (broad SMARTS) is 1. The van der Waals surface area contributed by atoms with E-state index in [2.05, 4.69) is 5.32 Å². The lowest BCUT2D eigenvalue weighted by atomic mass is 9.96. The maximum absolute atomic E-state index is 11.7. The molecule has 1 rings (SSSR count). The number of carbonyl (C=O) groups is 2. The van der Waals surface area contributed by atoms with Crippen molar-refractivity contribution in [2.45, 2.75) is 26.4 Å². The van der Waals surface area contributed by atoms with E-state index in [-0.39, 0.29) is 0 Å². The van der Waals surface area contributed by atoms with Crippen LogP contribution in [0.5, 0.6) is 0 Å². The van der Waals surface area contributed by atoms with Crippen LogP contribution in [-0.2, 0) is 14.3 Å². The monoisotopic (exact) mass is 215 g/mol. The topological polar surface area (TPSA) is 75.6 Å². The van der Waals surface area contributed by atoms with Crippen molar-refractivity contribution in [3.8, 4) is 0 Å². The lowest BCUT2D eigenvalue weighted by Gasteiger charge is -2.23. The van der Waals surface area contributed by atoms with E-state index in [0.717, 1.165) is 0 Å². The molecule has 5 heteroatoms. The molecule has 0 radical (unpaired) electrons. The Bertz CT molecular complexity index is 269. The Hall–Kier alpha value is -1.10. The fourth-order valence-corrected chi connectivity index (χ4v) is 1.56. The van der Waals surface area contributed by atoms with Crippen LogP contribution in [0.2, 0.25) is 0 Å². The fraction of sp³-hybridized carbons (Fsp3) is 0.800. The van der Waals surface area contributed by atoms with Gasteiger partial charge in [-0.25, -0.2) is 0 Å². The minimum atomic E-state index is -0.948. The molecule has 2 atom stereocenters. The van der Waals surface area contributed by atoms with E-state index < -0.39 is 29.4 Å². The molecule has 0 saturated carbocycles. The van der Waals surface area contributed by atoms with Crippen LogP contribution in [0.25, 0.3) is 0 Å². The number of carbonyl (C=O) groups excluding carboxylic acids is 1. The van der Waals surface area contributed by atoms with Crippen LogP contribution in [-0.4, -0.2) is 35.7 Å². The zero-order chi connectivity index (χ0) is 11.6. The normalized spacial score (nSPS) is 26.3. The molecular weight excluding hydrogens is 198 g/mol. The third-order valence-corrected chi connectivity index (χ3v) is 2.24.